The molecule has 22 heavy (non-hydrogen) atoms. The van der Waals surface area contributed by atoms with Gasteiger partial charge >= 0.3 is 13.2 Å². The minimum absolute atomic E-state index is 0.0738. The summed E-state index contributed by atoms with van der Waals surface area (Å²) in [7, 11) is -0.386. The number of cyclic esters (lactones) is 1. The van der Waals surface area contributed by atoms with Crippen molar-refractivity contribution in [3.05, 3.63) is 24.3 Å². The lowest BCUT2D eigenvalue weighted by Crippen LogP contribution is -2.41. The van der Waals surface area contributed by atoms with E-state index < -0.39 is 0 Å². The lowest BCUT2D eigenvalue weighted by atomic mass is 9.79. The van der Waals surface area contributed by atoms with E-state index in [9.17, 15) is 4.79 Å². The molecule has 0 saturated carbocycles. The number of carbonyl (C=O) groups is 1. The van der Waals surface area contributed by atoms with Crippen molar-refractivity contribution in [3.8, 4) is 0 Å². The number of amides is 1. The summed E-state index contributed by atoms with van der Waals surface area (Å²) in [6.45, 7) is 10.6. The summed E-state index contributed by atoms with van der Waals surface area (Å²) in [5.41, 5.74) is 1.06. The summed E-state index contributed by atoms with van der Waals surface area (Å²) in [5.74, 6) is 0. The predicted molar refractivity (Wildman–Crippen MR) is 85.4 cm³/mol. The fraction of sp³-hybridized carbons (Fsp3) is 0.562. The van der Waals surface area contributed by atoms with Crippen LogP contribution in [0.4, 0.5) is 10.5 Å². The SMILES string of the molecule is C[C@@H]1CN(c2ccc(B3OC(C)(C)C(C)(C)O3)cc2)C(=O)O1. The Morgan fingerprint density at radius 1 is 1.09 bits per heavy atom. The summed E-state index contributed by atoms with van der Waals surface area (Å²) in [6, 6.07) is 7.68. The van der Waals surface area contributed by atoms with Gasteiger partial charge in [-0.05, 0) is 52.2 Å². The number of rotatable bonds is 2. The average molecular weight is 303 g/mol. The monoisotopic (exact) mass is 303 g/mol. The van der Waals surface area contributed by atoms with Gasteiger partial charge in [-0.1, -0.05) is 12.1 Å². The molecule has 118 valence electrons. The number of ether oxygens (including phenoxy) is 1. The van der Waals surface area contributed by atoms with Gasteiger partial charge in [0.1, 0.15) is 6.10 Å². The molecule has 1 aromatic rings. The summed E-state index contributed by atoms with van der Waals surface area (Å²) >= 11 is 0. The van der Waals surface area contributed by atoms with Crippen molar-refractivity contribution in [2.45, 2.75) is 51.9 Å². The first-order valence-electron chi connectivity index (χ1n) is 7.63. The van der Waals surface area contributed by atoms with Gasteiger partial charge < -0.3 is 14.0 Å². The number of hydrogen-bond acceptors (Lipinski definition) is 4. The average Bonchev–Trinajstić information content (AvgIpc) is 2.86. The van der Waals surface area contributed by atoms with Crippen LogP contribution in [0.3, 0.4) is 0 Å². The Morgan fingerprint density at radius 2 is 1.64 bits per heavy atom. The van der Waals surface area contributed by atoms with Gasteiger partial charge in [-0.2, -0.15) is 0 Å². The van der Waals surface area contributed by atoms with Crippen LogP contribution in [0.2, 0.25) is 0 Å². The fourth-order valence-corrected chi connectivity index (χ4v) is 2.61. The van der Waals surface area contributed by atoms with Crippen LogP contribution >= 0.6 is 0 Å². The summed E-state index contributed by atoms with van der Waals surface area (Å²) in [6.07, 6.45) is -0.369. The van der Waals surface area contributed by atoms with Gasteiger partial charge in [0.15, 0.2) is 0 Å². The molecule has 1 atom stereocenters. The molecule has 6 heteroatoms. The van der Waals surface area contributed by atoms with E-state index >= 15 is 0 Å². The van der Waals surface area contributed by atoms with Gasteiger partial charge in [-0.25, -0.2) is 4.79 Å². The first-order chi connectivity index (χ1) is 10.2. The van der Waals surface area contributed by atoms with Crippen LogP contribution in [0.15, 0.2) is 24.3 Å². The van der Waals surface area contributed by atoms with Gasteiger partial charge in [0.25, 0.3) is 0 Å². The zero-order chi connectivity index (χ0) is 16.1. The molecule has 5 nitrogen and oxygen atoms in total. The maximum Gasteiger partial charge on any atom is 0.494 e. The fourth-order valence-electron chi connectivity index (χ4n) is 2.61. The van der Waals surface area contributed by atoms with Crippen molar-refractivity contribution in [2.75, 3.05) is 11.4 Å². The number of anilines is 1. The molecule has 2 aliphatic heterocycles. The summed E-state index contributed by atoms with van der Waals surface area (Å²) in [4.78, 5) is 13.4. The van der Waals surface area contributed by atoms with Crippen LogP contribution in [-0.4, -0.2) is 37.1 Å². The standard InChI is InChI=1S/C16H22BNO4/c1-11-10-18(14(19)20-11)13-8-6-12(7-9-13)17-21-15(2,3)16(4,5)22-17/h6-9,11H,10H2,1-5H3/t11-/m1/s1. The molecule has 0 aromatic heterocycles. The molecule has 1 amide bonds. The second-order valence-electron chi connectivity index (χ2n) is 6.98. The maximum absolute atomic E-state index is 11.8. The third-order valence-electron chi connectivity index (χ3n) is 4.69. The number of hydrogen-bond donors (Lipinski definition) is 0. The van der Waals surface area contributed by atoms with E-state index in [0.29, 0.717) is 6.54 Å². The Hall–Kier alpha value is -1.53. The van der Waals surface area contributed by atoms with Crippen molar-refractivity contribution < 1.29 is 18.8 Å². The van der Waals surface area contributed by atoms with Crippen LogP contribution in [0, 0.1) is 0 Å². The molecule has 1 aromatic carbocycles. The van der Waals surface area contributed by atoms with Crippen LogP contribution in [-0.2, 0) is 14.0 Å². The van der Waals surface area contributed by atoms with E-state index in [4.69, 9.17) is 14.0 Å². The molecular formula is C16H22BNO4. The van der Waals surface area contributed by atoms with Gasteiger partial charge in [0.2, 0.25) is 0 Å². The highest BCUT2D eigenvalue weighted by atomic mass is 16.7. The van der Waals surface area contributed by atoms with Gasteiger partial charge in [0, 0.05) is 5.69 Å². The first kappa shape index (κ1) is 15.4. The zero-order valence-corrected chi connectivity index (χ0v) is 13.8. The third kappa shape index (κ3) is 2.50. The molecular weight excluding hydrogens is 281 g/mol. The number of carbonyl (C=O) groups excluding carboxylic acids is 1. The normalized spacial score (nSPS) is 26.4. The Morgan fingerprint density at radius 3 is 2.09 bits per heavy atom. The lowest BCUT2D eigenvalue weighted by molar-refractivity contribution is 0.00578. The Kier molecular flexibility index (Phi) is 3.49. The molecule has 3 rings (SSSR count). The van der Waals surface area contributed by atoms with E-state index in [1.807, 2.05) is 58.9 Å². The smallest absolute Gasteiger partial charge is 0.444 e. The van der Waals surface area contributed by atoms with Crippen LogP contribution < -0.4 is 10.4 Å². The lowest BCUT2D eigenvalue weighted by Gasteiger charge is -2.32. The van der Waals surface area contributed by atoms with Gasteiger partial charge in [-0.3, -0.25) is 4.90 Å². The molecule has 2 aliphatic rings. The van der Waals surface area contributed by atoms with E-state index in [0.717, 1.165) is 11.2 Å². The Balaban J connectivity index is 1.77. The summed E-state index contributed by atoms with van der Waals surface area (Å²) < 4.78 is 17.2. The molecule has 2 heterocycles. The van der Waals surface area contributed by atoms with Crippen molar-refractivity contribution in [1.29, 1.82) is 0 Å². The zero-order valence-electron chi connectivity index (χ0n) is 13.8. The molecule has 0 N–H and O–H groups in total. The topological polar surface area (TPSA) is 48.0 Å². The maximum atomic E-state index is 11.8. The van der Waals surface area contributed by atoms with E-state index in [1.165, 1.54) is 0 Å². The second-order valence-corrected chi connectivity index (χ2v) is 6.98. The molecule has 0 aliphatic carbocycles. The minimum Gasteiger partial charge on any atom is -0.444 e. The quantitative estimate of drug-likeness (QED) is 0.787. The molecule has 0 unspecified atom stereocenters. The molecule has 2 fully saturated rings. The molecule has 0 bridgehead atoms. The van der Waals surface area contributed by atoms with Gasteiger partial charge in [-0.15, -0.1) is 0 Å². The van der Waals surface area contributed by atoms with Crippen molar-refractivity contribution in [3.63, 3.8) is 0 Å². The van der Waals surface area contributed by atoms with Gasteiger partial charge in [0.05, 0.1) is 17.7 Å². The second kappa shape index (κ2) is 5.00. The van der Waals surface area contributed by atoms with Crippen LogP contribution in [0.25, 0.3) is 0 Å². The number of benzene rings is 1. The molecule has 0 radical (unpaired) electrons. The highest BCUT2D eigenvalue weighted by molar-refractivity contribution is 6.62. The number of nitrogens with zero attached hydrogens (tertiary/aromatic N) is 1. The third-order valence-corrected chi connectivity index (χ3v) is 4.69. The predicted octanol–water partition coefficient (Wildman–Crippen LogP) is 2.33. The molecule has 2 saturated heterocycles. The molecule has 0 spiro atoms. The Bertz CT molecular complexity index is 568. The first-order valence-corrected chi connectivity index (χ1v) is 7.63. The van der Waals surface area contributed by atoms with Crippen LogP contribution in [0.1, 0.15) is 34.6 Å². The minimum atomic E-state index is -0.386. The summed E-state index contributed by atoms with van der Waals surface area (Å²) in [5, 5.41) is 0. The Labute approximate surface area is 131 Å². The van der Waals surface area contributed by atoms with Crippen molar-refractivity contribution >= 4 is 24.4 Å². The van der Waals surface area contributed by atoms with E-state index in [1.54, 1.807) is 4.90 Å². The highest BCUT2D eigenvalue weighted by Crippen LogP contribution is 2.36. The van der Waals surface area contributed by atoms with E-state index in [-0.39, 0.29) is 30.5 Å². The van der Waals surface area contributed by atoms with E-state index in [2.05, 4.69) is 0 Å². The largest absolute Gasteiger partial charge is 0.494 e. The van der Waals surface area contributed by atoms with Crippen molar-refractivity contribution in [1.82, 2.24) is 0 Å². The van der Waals surface area contributed by atoms with Crippen LogP contribution in [0.5, 0.6) is 0 Å². The highest BCUT2D eigenvalue weighted by Gasteiger charge is 2.51. The van der Waals surface area contributed by atoms with Crippen molar-refractivity contribution in [2.24, 2.45) is 0 Å².